The molecule has 0 heterocycles. The molecule has 1 rings (SSSR count). The van der Waals surface area contributed by atoms with Gasteiger partial charge in [-0.25, -0.2) is 8.78 Å². The summed E-state index contributed by atoms with van der Waals surface area (Å²) < 4.78 is 33.0. The topological polar surface area (TPSA) is 21.3 Å². The number of benzene rings is 1. The maximum Gasteiger partial charge on any atom is 0.163 e. The van der Waals surface area contributed by atoms with Crippen LogP contribution >= 0.6 is 0 Å². The first-order chi connectivity index (χ1) is 8.56. The molecular weight excluding hydrogens is 236 g/mol. The van der Waals surface area contributed by atoms with Crippen molar-refractivity contribution in [2.75, 3.05) is 13.7 Å². The van der Waals surface area contributed by atoms with Gasteiger partial charge in [-0.15, -0.1) is 0 Å². The zero-order valence-corrected chi connectivity index (χ0v) is 11.4. The van der Waals surface area contributed by atoms with Crippen molar-refractivity contribution >= 4 is 0 Å². The lowest BCUT2D eigenvalue weighted by molar-refractivity contribution is 0.0642. The van der Waals surface area contributed by atoms with Gasteiger partial charge in [0.05, 0.1) is 12.1 Å². The summed E-state index contributed by atoms with van der Waals surface area (Å²) in [5.41, 5.74) is 0.644. The molecule has 0 fully saturated rings. The van der Waals surface area contributed by atoms with E-state index in [4.69, 9.17) is 4.74 Å². The van der Waals surface area contributed by atoms with Gasteiger partial charge in [-0.05, 0) is 25.5 Å². The Labute approximate surface area is 107 Å². The van der Waals surface area contributed by atoms with Crippen molar-refractivity contribution in [2.45, 2.75) is 39.3 Å². The molecule has 0 radical (unpaired) electrons. The monoisotopic (exact) mass is 257 g/mol. The number of nitrogens with one attached hydrogen (secondary N) is 1. The van der Waals surface area contributed by atoms with E-state index in [9.17, 15) is 8.78 Å². The van der Waals surface area contributed by atoms with Crippen LogP contribution in [-0.4, -0.2) is 19.8 Å². The molecule has 102 valence electrons. The normalized spacial score (nSPS) is 14.6. The van der Waals surface area contributed by atoms with Crippen molar-refractivity contribution in [1.82, 2.24) is 5.32 Å². The maximum atomic E-state index is 14.0. The van der Waals surface area contributed by atoms with Crippen molar-refractivity contribution in [3.63, 3.8) is 0 Å². The Balaban J connectivity index is 3.17. The fraction of sp³-hybridized carbons (Fsp3) is 0.571. The molecule has 18 heavy (non-hydrogen) atoms. The van der Waals surface area contributed by atoms with Gasteiger partial charge in [0.25, 0.3) is 0 Å². The smallest absolute Gasteiger partial charge is 0.163 e. The standard InChI is InChI=1S/C14H21F2NO/c1-5-11(18-4)14(17-6-2)10-8-7-9(3)12(15)13(10)16/h7-8,11,14,17H,5-6H2,1-4H3. The predicted octanol–water partition coefficient (Wildman–Crippen LogP) is 3.35. The van der Waals surface area contributed by atoms with E-state index in [1.807, 2.05) is 13.8 Å². The highest BCUT2D eigenvalue weighted by Crippen LogP contribution is 2.26. The van der Waals surface area contributed by atoms with E-state index < -0.39 is 11.6 Å². The molecule has 0 aromatic heterocycles. The minimum Gasteiger partial charge on any atom is -0.379 e. The van der Waals surface area contributed by atoms with E-state index >= 15 is 0 Å². The summed E-state index contributed by atoms with van der Waals surface area (Å²) in [7, 11) is 1.58. The second-order valence-electron chi connectivity index (χ2n) is 4.32. The maximum absolute atomic E-state index is 14.0. The van der Waals surface area contributed by atoms with Crippen molar-refractivity contribution in [1.29, 1.82) is 0 Å². The number of methoxy groups -OCH3 is 1. The van der Waals surface area contributed by atoms with Gasteiger partial charge in [0.1, 0.15) is 0 Å². The van der Waals surface area contributed by atoms with Crippen LogP contribution < -0.4 is 5.32 Å². The molecule has 1 N–H and O–H groups in total. The third kappa shape index (κ3) is 3.06. The van der Waals surface area contributed by atoms with Crippen LogP contribution in [0.1, 0.15) is 37.4 Å². The molecule has 0 spiro atoms. The number of likely N-dealkylation sites (N-methyl/N-ethyl adjacent to an activating group) is 1. The van der Waals surface area contributed by atoms with Crippen molar-refractivity contribution in [3.05, 3.63) is 34.9 Å². The predicted molar refractivity (Wildman–Crippen MR) is 68.6 cm³/mol. The summed E-state index contributed by atoms with van der Waals surface area (Å²) >= 11 is 0. The molecule has 1 aromatic rings. The van der Waals surface area contributed by atoms with Crippen molar-refractivity contribution in [3.8, 4) is 0 Å². The molecule has 0 saturated heterocycles. The fourth-order valence-corrected chi connectivity index (χ4v) is 2.10. The molecule has 0 aliphatic heterocycles. The Kier molecular flexibility index (Phi) is 5.69. The number of hydrogen-bond donors (Lipinski definition) is 1. The third-order valence-electron chi connectivity index (χ3n) is 3.14. The van der Waals surface area contributed by atoms with Crippen molar-refractivity contribution in [2.24, 2.45) is 0 Å². The highest BCUT2D eigenvalue weighted by Gasteiger charge is 2.25. The average molecular weight is 257 g/mol. The summed E-state index contributed by atoms with van der Waals surface area (Å²) in [4.78, 5) is 0. The highest BCUT2D eigenvalue weighted by molar-refractivity contribution is 5.28. The van der Waals surface area contributed by atoms with E-state index in [0.717, 1.165) is 6.42 Å². The second-order valence-corrected chi connectivity index (χ2v) is 4.32. The minimum atomic E-state index is -0.781. The van der Waals surface area contributed by atoms with Crippen molar-refractivity contribution < 1.29 is 13.5 Å². The van der Waals surface area contributed by atoms with Crippen LogP contribution in [0.2, 0.25) is 0 Å². The Morgan fingerprint density at radius 1 is 1.22 bits per heavy atom. The lowest BCUT2D eigenvalue weighted by Gasteiger charge is -2.27. The Morgan fingerprint density at radius 3 is 2.39 bits per heavy atom. The fourth-order valence-electron chi connectivity index (χ4n) is 2.10. The van der Waals surface area contributed by atoms with Crippen LogP contribution in [0, 0.1) is 18.6 Å². The van der Waals surface area contributed by atoms with Crippen LogP contribution in [0.15, 0.2) is 12.1 Å². The molecule has 1 aromatic carbocycles. The summed E-state index contributed by atoms with van der Waals surface area (Å²) in [6, 6.07) is 2.89. The van der Waals surface area contributed by atoms with Gasteiger partial charge in [-0.1, -0.05) is 26.0 Å². The summed E-state index contributed by atoms with van der Waals surface area (Å²) in [6.45, 7) is 6.11. The first kappa shape index (κ1) is 15.1. The zero-order chi connectivity index (χ0) is 13.7. The Morgan fingerprint density at radius 2 is 1.89 bits per heavy atom. The quantitative estimate of drug-likeness (QED) is 0.844. The summed E-state index contributed by atoms with van der Waals surface area (Å²) in [6.07, 6.45) is 0.546. The van der Waals surface area contributed by atoms with E-state index in [1.54, 1.807) is 26.2 Å². The zero-order valence-electron chi connectivity index (χ0n) is 11.4. The van der Waals surface area contributed by atoms with E-state index in [0.29, 0.717) is 17.7 Å². The lowest BCUT2D eigenvalue weighted by atomic mass is 9.97. The third-order valence-corrected chi connectivity index (χ3v) is 3.14. The molecule has 0 aliphatic rings. The van der Waals surface area contributed by atoms with Crippen LogP contribution in [-0.2, 0) is 4.74 Å². The molecule has 2 nitrogen and oxygen atoms in total. The molecule has 0 amide bonds. The van der Waals surface area contributed by atoms with Gasteiger partial charge in [0, 0.05) is 12.7 Å². The molecule has 2 unspecified atom stereocenters. The first-order valence-electron chi connectivity index (χ1n) is 6.27. The number of halogens is 2. The number of hydrogen-bond acceptors (Lipinski definition) is 2. The SMILES string of the molecule is CCNC(c1ccc(C)c(F)c1F)C(CC)OC. The molecule has 0 bridgehead atoms. The van der Waals surface area contributed by atoms with Gasteiger partial charge in [-0.3, -0.25) is 0 Å². The van der Waals surface area contributed by atoms with Crippen LogP contribution in [0.25, 0.3) is 0 Å². The van der Waals surface area contributed by atoms with Gasteiger partial charge >= 0.3 is 0 Å². The number of ether oxygens (including phenoxy) is 1. The Bertz CT molecular complexity index is 392. The second kappa shape index (κ2) is 6.81. The molecule has 0 saturated carbocycles. The molecular formula is C14H21F2NO. The van der Waals surface area contributed by atoms with Crippen LogP contribution in [0.4, 0.5) is 8.78 Å². The van der Waals surface area contributed by atoms with E-state index in [-0.39, 0.29) is 12.1 Å². The van der Waals surface area contributed by atoms with Gasteiger partial charge < -0.3 is 10.1 Å². The van der Waals surface area contributed by atoms with Crippen LogP contribution in [0.5, 0.6) is 0 Å². The first-order valence-corrected chi connectivity index (χ1v) is 6.27. The molecule has 4 heteroatoms. The number of aryl methyl sites for hydroxylation is 1. The van der Waals surface area contributed by atoms with E-state index in [1.165, 1.54) is 0 Å². The van der Waals surface area contributed by atoms with E-state index in [2.05, 4.69) is 5.32 Å². The average Bonchev–Trinajstić information content (AvgIpc) is 2.37. The van der Waals surface area contributed by atoms with Gasteiger partial charge in [0.2, 0.25) is 0 Å². The summed E-state index contributed by atoms with van der Waals surface area (Å²) in [5.74, 6) is -1.56. The largest absolute Gasteiger partial charge is 0.379 e. The minimum absolute atomic E-state index is 0.179. The highest BCUT2D eigenvalue weighted by atomic mass is 19.2. The molecule has 0 aliphatic carbocycles. The van der Waals surface area contributed by atoms with Crippen LogP contribution in [0.3, 0.4) is 0 Å². The van der Waals surface area contributed by atoms with Gasteiger partial charge in [-0.2, -0.15) is 0 Å². The lowest BCUT2D eigenvalue weighted by Crippen LogP contribution is -2.33. The summed E-state index contributed by atoms with van der Waals surface area (Å²) in [5, 5.41) is 3.16. The Hall–Kier alpha value is -1.00. The number of rotatable bonds is 6. The van der Waals surface area contributed by atoms with Gasteiger partial charge in [0.15, 0.2) is 11.6 Å². The molecule has 2 atom stereocenters.